The van der Waals surface area contributed by atoms with Gasteiger partial charge in [0, 0.05) is 13.0 Å². The van der Waals surface area contributed by atoms with Gasteiger partial charge in [0.05, 0.1) is 5.69 Å². The first-order chi connectivity index (χ1) is 9.97. The number of nitrogens with zero attached hydrogens (tertiary/aromatic N) is 1. The molecule has 3 rings (SSSR count). The van der Waals surface area contributed by atoms with Crippen molar-refractivity contribution in [2.45, 2.75) is 46.1 Å². The first-order valence-corrected chi connectivity index (χ1v) is 7.67. The summed E-state index contributed by atoms with van der Waals surface area (Å²) in [5, 5.41) is 2.80. The predicted molar refractivity (Wildman–Crippen MR) is 82.3 cm³/mol. The normalized spacial score (nSPS) is 24.7. The second-order valence-electron chi connectivity index (χ2n) is 6.44. The van der Waals surface area contributed by atoms with Crippen molar-refractivity contribution in [1.82, 2.24) is 5.32 Å². The third-order valence-electron chi connectivity index (χ3n) is 4.59. The highest BCUT2D eigenvalue weighted by Gasteiger charge is 2.35. The number of nitrogens with one attached hydrogen (secondary N) is 1. The molecule has 2 atom stereocenters. The molecule has 1 fully saturated rings. The molecule has 0 aromatic heterocycles. The molecule has 1 saturated heterocycles. The van der Waals surface area contributed by atoms with Gasteiger partial charge < -0.3 is 10.2 Å². The lowest BCUT2D eigenvalue weighted by Gasteiger charge is -2.36. The van der Waals surface area contributed by atoms with E-state index >= 15 is 0 Å². The third kappa shape index (κ3) is 2.43. The molecule has 1 aromatic carbocycles. The number of hydrogen-bond acceptors (Lipinski definition) is 2. The van der Waals surface area contributed by atoms with Crippen LogP contribution in [0.25, 0.3) is 0 Å². The van der Waals surface area contributed by atoms with Crippen molar-refractivity contribution >= 4 is 17.5 Å². The zero-order valence-corrected chi connectivity index (χ0v) is 12.9. The third-order valence-corrected chi connectivity index (χ3v) is 4.59. The fourth-order valence-electron chi connectivity index (χ4n) is 3.49. The fraction of sp³-hybridized carbons (Fsp3) is 0.529. The molecule has 0 aliphatic carbocycles. The monoisotopic (exact) mass is 286 g/mol. The van der Waals surface area contributed by atoms with Crippen LogP contribution in [0.4, 0.5) is 5.69 Å². The highest BCUT2D eigenvalue weighted by Crippen LogP contribution is 2.35. The molecule has 0 bridgehead atoms. The van der Waals surface area contributed by atoms with E-state index in [2.05, 4.69) is 38.2 Å². The Morgan fingerprint density at radius 3 is 2.67 bits per heavy atom. The van der Waals surface area contributed by atoms with Crippen molar-refractivity contribution in [3.05, 3.63) is 28.8 Å². The van der Waals surface area contributed by atoms with Gasteiger partial charge in [0.15, 0.2) is 0 Å². The second kappa shape index (κ2) is 5.17. The molecule has 2 amide bonds. The van der Waals surface area contributed by atoms with Crippen LogP contribution >= 0.6 is 0 Å². The minimum atomic E-state index is -0.351. The summed E-state index contributed by atoms with van der Waals surface area (Å²) in [6.45, 7) is 7.08. The molecule has 112 valence electrons. The zero-order chi connectivity index (χ0) is 15.1. The summed E-state index contributed by atoms with van der Waals surface area (Å²) in [5.74, 6) is 0.473. The molecule has 1 aromatic rings. The summed E-state index contributed by atoms with van der Waals surface area (Å²) >= 11 is 0. The number of rotatable bonds is 1. The Kier molecular flexibility index (Phi) is 3.47. The molecule has 4 heteroatoms. The van der Waals surface area contributed by atoms with E-state index in [1.807, 2.05) is 4.90 Å². The van der Waals surface area contributed by atoms with Crippen LogP contribution in [0.5, 0.6) is 0 Å². The molecule has 0 spiro atoms. The van der Waals surface area contributed by atoms with E-state index < -0.39 is 0 Å². The Labute approximate surface area is 125 Å². The minimum Gasteiger partial charge on any atom is -0.344 e. The summed E-state index contributed by atoms with van der Waals surface area (Å²) in [6, 6.07) is 3.86. The Bertz CT molecular complexity index is 609. The van der Waals surface area contributed by atoms with Gasteiger partial charge in [-0.25, -0.2) is 0 Å². The number of benzene rings is 1. The average Bonchev–Trinajstić information content (AvgIpc) is 2.88. The molecule has 0 radical (unpaired) electrons. The first kappa shape index (κ1) is 14.1. The second-order valence-corrected chi connectivity index (χ2v) is 6.44. The van der Waals surface area contributed by atoms with E-state index in [1.165, 1.54) is 11.1 Å². The average molecular weight is 286 g/mol. The Hall–Kier alpha value is -1.84. The van der Waals surface area contributed by atoms with Crippen LogP contribution in [-0.2, 0) is 16.0 Å². The lowest BCUT2D eigenvalue weighted by atomic mass is 9.88. The highest BCUT2D eigenvalue weighted by molar-refractivity contribution is 6.02. The van der Waals surface area contributed by atoms with Crippen molar-refractivity contribution in [2.75, 3.05) is 11.4 Å². The molecule has 2 heterocycles. The lowest BCUT2D eigenvalue weighted by molar-refractivity contribution is -0.124. The van der Waals surface area contributed by atoms with Crippen LogP contribution in [0.15, 0.2) is 12.1 Å². The quantitative estimate of drug-likeness (QED) is 0.859. The molecule has 2 unspecified atom stereocenters. The van der Waals surface area contributed by atoms with Crippen LogP contribution in [0, 0.1) is 19.8 Å². The maximum Gasteiger partial charge on any atom is 0.249 e. The van der Waals surface area contributed by atoms with E-state index in [9.17, 15) is 9.59 Å². The smallest absolute Gasteiger partial charge is 0.249 e. The molecular weight excluding hydrogens is 264 g/mol. The maximum absolute atomic E-state index is 12.8. The van der Waals surface area contributed by atoms with Gasteiger partial charge in [-0.15, -0.1) is 0 Å². The molecule has 1 N–H and O–H groups in total. The topological polar surface area (TPSA) is 49.4 Å². The van der Waals surface area contributed by atoms with Gasteiger partial charge in [-0.1, -0.05) is 19.1 Å². The van der Waals surface area contributed by atoms with E-state index in [-0.39, 0.29) is 17.9 Å². The number of anilines is 1. The van der Waals surface area contributed by atoms with E-state index in [0.29, 0.717) is 18.8 Å². The van der Waals surface area contributed by atoms with Crippen LogP contribution in [0.3, 0.4) is 0 Å². The summed E-state index contributed by atoms with van der Waals surface area (Å²) in [6.07, 6.45) is 2.09. The summed E-state index contributed by atoms with van der Waals surface area (Å²) in [7, 11) is 0. The summed E-state index contributed by atoms with van der Waals surface area (Å²) in [4.78, 5) is 26.1. The number of aryl methyl sites for hydroxylation is 2. The molecule has 2 aliphatic heterocycles. The largest absolute Gasteiger partial charge is 0.344 e. The SMILES string of the molecule is Cc1ccc(C)c2c1CC(C)CN2C(=O)C1CCC(=O)N1. The minimum absolute atomic E-state index is 0.0143. The van der Waals surface area contributed by atoms with Crippen molar-refractivity contribution in [3.8, 4) is 0 Å². The molecule has 2 aliphatic rings. The first-order valence-electron chi connectivity index (χ1n) is 7.67. The number of carbonyl (C=O) groups is 2. The molecule has 4 nitrogen and oxygen atoms in total. The molecular formula is C17H22N2O2. The molecule has 21 heavy (non-hydrogen) atoms. The van der Waals surface area contributed by atoms with Crippen molar-refractivity contribution in [2.24, 2.45) is 5.92 Å². The van der Waals surface area contributed by atoms with Gasteiger partial charge in [0.25, 0.3) is 0 Å². The summed E-state index contributed by atoms with van der Waals surface area (Å²) < 4.78 is 0. The van der Waals surface area contributed by atoms with Gasteiger partial charge in [-0.05, 0) is 49.3 Å². The maximum atomic E-state index is 12.8. The van der Waals surface area contributed by atoms with Crippen molar-refractivity contribution in [1.29, 1.82) is 0 Å². The van der Waals surface area contributed by atoms with Gasteiger partial charge in [0.2, 0.25) is 11.8 Å². The Morgan fingerprint density at radius 1 is 1.29 bits per heavy atom. The summed E-state index contributed by atoms with van der Waals surface area (Å²) in [5.41, 5.74) is 4.74. The van der Waals surface area contributed by atoms with E-state index in [0.717, 1.165) is 24.2 Å². The highest BCUT2D eigenvalue weighted by atomic mass is 16.2. The van der Waals surface area contributed by atoms with Crippen LogP contribution in [0.1, 0.15) is 36.5 Å². The van der Waals surface area contributed by atoms with Crippen LogP contribution < -0.4 is 10.2 Å². The van der Waals surface area contributed by atoms with E-state index in [1.54, 1.807) is 0 Å². The number of hydrogen-bond donors (Lipinski definition) is 1. The van der Waals surface area contributed by atoms with Crippen LogP contribution in [0.2, 0.25) is 0 Å². The Morgan fingerprint density at radius 2 is 2.00 bits per heavy atom. The van der Waals surface area contributed by atoms with E-state index in [4.69, 9.17) is 0 Å². The number of amides is 2. The van der Waals surface area contributed by atoms with Gasteiger partial charge in [-0.2, -0.15) is 0 Å². The van der Waals surface area contributed by atoms with Crippen molar-refractivity contribution in [3.63, 3.8) is 0 Å². The Balaban J connectivity index is 1.99. The fourth-order valence-corrected chi connectivity index (χ4v) is 3.49. The van der Waals surface area contributed by atoms with Crippen molar-refractivity contribution < 1.29 is 9.59 Å². The van der Waals surface area contributed by atoms with Gasteiger partial charge in [0.1, 0.15) is 6.04 Å². The van der Waals surface area contributed by atoms with Gasteiger partial charge >= 0.3 is 0 Å². The molecule has 0 saturated carbocycles. The number of carbonyl (C=O) groups excluding carboxylic acids is 2. The van der Waals surface area contributed by atoms with Crippen LogP contribution in [-0.4, -0.2) is 24.4 Å². The van der Waals surface area contributed by atoms with Gasteiger partial charge in [-0.3, -0.25) is 9.59 Å². The number of fused-ring (bicyclic) bond motifs is 1. The lowest BCUT2D eigenvalue weighted by Crippen LogP contribution is -2.48. The zero-order valence-electron chi connectivity index (χ0n) is 12.9. The standard InChI is InChI=1S/C17H22N2O2/c1-10-8-13-11(2)4-5-12(3)16(13)19(9-10)17(21)14-6-7-15(20)18-14/h4-5,10,14H,6-9H2,1-3H3,(H,18,20). The predicted octanol–water partition coefficient (Wildman–Crippen LogP) is 2.11.